The first kappa shape index (κ1) is 12.9. The van der Waals surface area contributed by atoms with E-state index in [2.05, 4.69) is 17.2 Å². The van der Waals surface area contributed by atoms with Gasteiger partial charge in [-0.3, -0.25) is 0 Å². The molecule has 0 saturated heterocycles. The fourth-order valence-electron chi connectivity index (χ4n) is 1.63. The second kappa shape index (κ2) is 8.08. The van der Waals surface area contributed by atoms with Crippen LogP contribution in [0.5, 0.6) is 0 Å². The average Bonchev–Trinajstić information content (AvgIpc) is 2.28. The summed E-state index contributed by atoms with van der Waals surface area (Å²) in [5.74, 6) is 0.210. The molecule has 0 aliphatic rings. The molecule has 0 amide bonds. The number of aromatic nitrogens is 1. The predicted octanol–water partition coefficient (Wildman–Crippen LogP) is 3.99. The van der Waals surface area contributed by atoms with Crippen molar-refractivity contribution < 1.29 is 4.39 Å². The lowest BCUT2D eigenvalue weighted by Gasteiger charge is -2.05. The molecule has 90 valence electrons. The highest BCUT2D eigenvalue weighted by Crippen LogP contribution is 2.07. The van der Waals surface area contributed by atoms with E-state index in [0.29, 0.717) is 5.82 Å². The highest BCUT2D eigenvalue weighted by Gasteiger charge is 1.95. The molecule has 0 atom stereocenters. The van der Waals surface area contributed by atoms with Crippen LogP contribution < -0.4 is 5.32 Å². The number of rotatable bonds is 8. The number of anilines is 1. The Balaban J connectivity index is 2.03. The van der Waals surface area contributed by atoms with Crippen LogP contribution in [0.15, 0.2) is 18.2 Å². The van der Waals surface area contributed by atoms with Crippen LogP contribution in [0.4, 0.5) is 10.2 Å². The summed E-state index contributed by atoms with van der Waals surface area (Å²) < 4.78 is 12.7. The van der Waals surface area contributed by atoms with Crippen molar-refractivity contribution in [2.75, 3.05) is 11.9 Å². The molecular weight excluding hydrogens is 203 g/mol. The lowest BCUT2D eigenvalue weighted by molar-refractivity contribution is 0.584. The molecule has 2 nitrogen and oxygen atoms in total. The van der Waals surface area contributed by atoms with E-state index < -0.39 is 5.95 Å². The molecule has 0 bridgehead atoms. The summed E-state index contributed by atoms with van der Waals surface area (Å²) in [6.45, 7) is 3.10. The van der Waals surface area contributed by atoms with E-state index in [1.54, 1.807) is 12.1 Å². The lowest BCUT2D eigenvalue weighted by Crippen LogP contribution is -2.03. The van der Waals surface area contributed by atoms with E-state index in [-0.39, 0.29) is 0 Å². The highest BCUT2D eigenvalue weighted by atomic mass is 19.1. The van der Waals surface area contributed by atoms with Crippen LogP contribution in [0.1, 0.15) is 45.4 Å². The molecule has 0 radical (unpaired) electrons. The maximum atomic E-state index is 12.7. The van der Waals surface area contributed by atoms with Gasteiger partial charge in [-0.1, -0.05) is 45.1 Å². The molecule has 3 heteroatoms. The van der Waals surface area contributed by atoms with Crippen LogP contribution >= 0.6 is 0 Å². The molecule has 1 aromatic rings. The number of nitrogens with zero attached hydrogens (tertiary/aromatic N) is 1. The van der Waals surface area contributed by atoms with Crippen molar-refractivity contribution >= 4 is 5.82 Å². The number of halogens is 1. The van der Waals surface area contributed by atoms with Crippen LogP contribution in [-0.2, 0) is 0 Å². The number of nitrogens with one attached hydrogen (secondary N) is 1. The van der Waals surface area contributed by atoms with Crippen LogP contribution in [-0.4, -0.2) is 11.5 Å². The van der Waals surface area contributed by atoms with Gasteiger partial charge in [-0.25, -0.2) is 4.98 Å². The predicted molar refractivity (Wildman–Crippen MR) is 66.1 cm³/mol. The molecular formula is C13H21FN2. The zero-order valence-corrected chi connectivity index (χ0v) is 10.0. The largest absolute Gasteiger partial charge is 0.370 e. The van der Waals surface area contributed by atoms with Crippen molar-refractivity contribution in [2.45, 2.75) is 45.4 Å². The van der Waals surface area contributed by atoms with Crippen molar-refractivity contribution in [1.29, 1.82) is 0 Å². The van der Waals surface area contributed by atoms with Gasteiger partial charge in [0.05, 0.1) is 0 Å². The van der Waals surface area contributed by atoms with Gasteiger partial charge in [0.15, 0.2) is 0 Å². The van der Waals surface area contributed by atoms with Gasteiger partial charge in [0.1, 0.15) is 5.82 Å². The van der Waals surface area contributed by atoms with E-state index in [1.807, 2.05) is 0 Å². The second-order valence-corrected chi connectivity index (χ2v) is 4.04. The minimum absolute atomic E-state index is 0.423. The minimum Gasteiger partial charge on any atom is -0.370 e. The Morgan fingerprint density at radius 2 is 1.88 bits per heavy atom. The first-order valence-electron chi connectivity index (χ1n) is 6.19. The third-order valence-electron chi connectivity index (χ3n) is 2.55. The molecule has 1 N–H and O–H groups in total. The maximum Gasteiger partial charge on any atom is 0.214 e. The Kier molecular flexibility index (Phi) is 6.54. The Hall–Kier alpha value is -1.12. The number of pyridine rings is 1. The highest BCUT2D eigenvalue weighted by molar-refractivity contribution is 5.33. The summed E-state index contributed by atoms with van der Waals surface area (Å²) in [6.07, 6.45) is 7.61. The molecule has 0 unspecified atom stereocenters. The van der Waals surface area contributed by atoms with Crippen LogP contribution in [0.25, 0.3) is 0 Å². The SMILES string of the molecule is CCCCCCCCNc1cccc(F)n1. The van der Waals surface area contributed by atoms with Gasteiger partial charge < -0.3 is 5.32 Å². The molecule has 0 spiro atoms. The Morgan fingerprint density at radius 1 is 1.12 bits per heavy atom. The molecule has 0 aliphatic carbocycles. The van der Waals surface area contributed by atoms with Crippen molar-refractivity contribution in [3.8, 4) is 0 Å². The van der Waals surface area contributed by atoms with Gasteiger partial charge in [0.2, 0.25) is 5.95 Å². The summed E-state index contributed by atoms with van der Waals surface area (Å²) in [6, 6.07) is 4.82. The van der Waals surface area contributed by atoms with Crippen molar-refractivity contribution in [3.05, 3.63) is 24.1 Å². The standard InChI is InChI=1S/C13H21FN2/c1-2-3-4-5-6-7-11-15-13-10-8-9-12(14)16-13/h8-10H,2-7,11H2,1H3,(H,15,16). The van der Waals surface area contributed by atoms with Crippen LogP contribution in [0, 0.1) is 5.95 Å². The van der Waals surface area contributed by atoms with Crippen molar-refractivity contribution in [2.24, 2.45) is 0 Å². The zero-order chi connectivity index (χ0) is 11.6. The van der Waals surface area contributed by atoms with Gasteiger partial charge in [-0.05, 0) is 18.6 Å². The number of hydrogen-bond acceptors (Lipinski definition) is 2. The molecule has 0 aliphatic heterocycles. The fraction of sp³-hybridized carbons (Fsp3) is 0.615. The molecule has 16 heavy (non-hydrogen) atoms. The van der Waals surface area contributed by atoms with Crippen molar-refractivity contribution in [3.63, 3.8) is 0 Å². The first-order valence-corrected chi connectivity index (χ1v) is 6.19. The second-order valence-electron chi connectivity index (χ2n) is 4.04. The monoisotopic (exact) mass is 224 g/mol. The smallest absolute Gasteiger partial charge is 0.214 e. The molecule has 1 aromatic heterocycles. The molecule has 1 rings (SSSR count). The zero-order valence-electron chi connectivity index (χ0n) is 10.0. The van der Waals surface area contributed by atoms with Crippen LogP contribution in [0.2, 0.25) is 0 Å². The quantitative estimate of drug-likeness (QED) is 0.533. The van der Waals surface area contributed by atoms with Gasteiger partial charge in [0.25, 0.3) is 0 Å². The summed E-state index contributed by atoms with van der Waals surface area (Å²) >= 11 is 0. The van der Waals surface area contributed by atoms with Gasteiger partial charge >= 0.3 is 0 Å². The van der Waals surface area contributed by atoms with E-state index in [1.165, 1.54) is 38.2 Å². The van der Waals surface area contributed by atoms with E-state index >= 15 is 0 Å². The minimum atomic E-state index is -0.423. The normalized spacial score (nSPS) is 10.4. The lowest BCUT2D eigenvalue weighted by atomic mass is 10.1. The molecule has 0 aromatic carbocycles. The number of unbranched alkanes of at least 4 members (excludes halogenated alkanes) is 5. The third kappa shape index (κ3) is 5.69. The topological polar surface area (TPSA) is 24.9 Å². The van der Waals surface area contributed by atoms with Gasteiger partial charge in [-0.2, -0.15) is 4.39 Å². The molecule has 0 fully saturated rings. The van der Waals surface area contributed by atoms with E-state index in [0.717, 1.165) is 13.0 Å². The summed E-state index contributed by atoms with van der Waals surface area (Å²) in [5.41, 5.74) is 0. The first-order chi connectivity index (χ1) is 7.83. The fourth-order valence-corrected chi connectivity index (χ4v) is 1.63. The molecule has 1 heterocycles. The average molecular weight is 224 g/mol. The Bertz CT molecular complexity index is 289. The maximum absolute atomic E-state index is 12.7. The summed E-state index contributed by atoms with van der Waals surface area (Å²) in [4.78, 5) is 3.74. The van der Waals surface area contributed by atoms with E-state index in [4.69, 9.17) is 0 Å². The van der Waals surface area contributed by atoms with Crippen molar-refractivity contribution in [1.82, 2.24) is 4.98 Å². The van der Waals surface area contributed by atoms with E-state index in [9.17, 15) is 4.39 Å². The number of hydrogen-bond donors (Lipinski definition) is 1. The summed E-state index contributed by atoms with van der Waals surface area (Å²) in [5, 5.41) is 3.13. The summed E-state index contributed by atoms with van der Waals surface area (Å²) in [7, 11) is 0. The Morgan fingerprint density at radius 3 is 2.62 bits per heavy atom. The molecule has 0 saturated carbocycles. The van der Waals surface area contributed by atoms with Gasteiger partial charge in [0, 0.05) is 6.54 Å². The third-order valence-corrected chi connectivity index (χ3v) is 2.55. The van der Waals surface area contributed by atoms with Gasteiger partial charge in [-0.15, -0.1) is 0 Å². The Labute approximate surface area is 97.3 Å². The van der Waals surface area contributed by atoms with Crippen LogP contribution in [0.3, 0.4) is 0 Å².